The lowest BCUT2D eigenvalue weighted by molar-refractivity contribution is -0.116. The van der Waals surface area contributed by atoms with Gasteiger partial charge in [-0.1, -0.05) is 12.1 Å². The molecule has 4 heterocycles. The maximum Gasteiger partial charge on any atom is 0.226 e. The fourth-order valence-corrected chi connectivity index (χ4v) is 4.62. The molecule has 0 aliphatic carbocycles. The maximum absolute atomic E-state index is 13.2. The van der Waals surface area contributed by atoms with Gasteiger partial charge in [0.1, 0.15) is 11.6 Å². The Morgan fingerprint density at radius 3 is 2.49 bits per heavy atom. The van der Waals surface area contributed by atoms with Crippen molar-refractivity contribution in [3.05, 3.63) is 109 Å². The van der Waals surface area contributed by atoms with Gasteiger partial charge in [0.2, 0.25) is 5.91 Å². The van der Waals surface area contributed by atoms with Gasteiger partial charge in [-0.05, 0) is 72.9 Å². The van der Waals surface area contributed by atoms with Crippen molar-refractivity contribution >= 4 is 28.9 Å². The summed E-state index contributed by atoms with van der Waals surface area (Å²) in [5.74, 6) is 0.259. The first-order chi connectivity index (χ1) is 17.1. The van der Waals surface area contributed by atoms with Crippen LogP contribution in [0.15, 0.2) is 91.4 Å². The van der Waals surface area contributed by atoms with E-state index in [0.29, 0.717) is 17.3 Å². The molecule has 2 atom stereocenters. The minimum atomic E-state index is -0.351. The highest BCUT2D eigenvalue weighted by Gasteiger charge is 2.41. The van der Waals surface area contributed by atoms with Crippen LogP contribution in [0.1, 0.15) is 29.9 Å². The molecule has 7 nitrogen and oxygen atoms in total. The average Bonchev–Trinajstić information content (AvgIpc) is 3.49. The summed E-state index contributed by atoms with van der Waals surface area (Å²) in [7, 11) is 0. The van der Waals surface area contributed by atoms with Gasteiger partial charge >= 0.3 is 0 Å². The molecule has 176 valence electrons. The average molecular weight is 487 g/mol. The summed E-state index contributed by atoms with van der Waals surface area (Å²) >= 11 is 5.71. The van der Waals surface area contributed by atoms with Crippen LogP contribution < -0.4 is 10.6 Å². The van der Waals surface area contributed by atoms with Crippen molar-refractivity contribution in [1.29, 1.82) is 0 Å². The van der Waals surface area contributed by atoms with Gasteiger partial charge in [0.15, 0.2) is 5.11 Å². The molecule has 0 saturated carbocycles. The van der Waals surface area contributed by atoms with E-state index >= 15 is 0 Å². The molecule has 1 aliphatic heterocycles. The Morgan fingerprint density at radius 1 is 1.00 bits per heavy atom. The van der Waals surface area contributed by atoms with Gasteiger partial charge in [0.25, 0.3) is 0 Å². The second-order valence-corrected chi connectivity index (χ2v) is 8.50. The summed E-state index contributed by atoms with van der Waals surface area (Å²) in [6.07, 6.45) is 5.68. The van der Waals surface area contributed by atoms with Crippen LogP contribution >= 0.6 is 12.2 Å². The highest BCUT2D eigenvalue weighted by atomic mass is 32.1. The minimum absolute atomic E-state index is 0.181. The summed E-state index contributed by atoms with van der Waals surface area (Å²) < 4.78 is 15.2. The van der Waals surface area contributed by atoms with Gasteiger partial charge in [-0.25, -0.2) is 9.37 Å². The van der Waals surface area contributed by atoms with E-state index in [1.54, 1.807) is 12.4 Å². The molecule has 1 saturated heterocycles. The number of pyridine rings is 2. The number of nitrogens with zero attached hydrogens (tertiary/aromatic N) is 4. The van der Waals surface area contributed by atoms with Crippen LogP contribution in [0.4, 0.5) is 10.1 Å². The third kappa shape index (κ3) is 4.90. The zero-order chi connectivity index (χ0) is 24.2. The second-order valence-electron chi connectivity index (χ2n) is 8.12. The highest BCUT2D eigenvalue weighted by Crippen LogP contribution is 2.39. The SMILES string of the molecule is O=C(CCN1C(=S)NC(c2ccccn2)C1c1cccn1-c1ccccn1)Nc1ccc(F)cc1. The van der Waals surface area contributed by atoms with Crippen LogP contribution in [0, 0.1) is 5.82 Å². The molecular formula is C26H23FN6OS. The number of benzene rings is 1. The van der Waals surface area contributed by atoms with Crippen molar-refractivity contribution < 1.29 is 9.18 Å². The summed E-state index contributed by atoms with van der Waals surface area (Å²) in [5, 5.41) is 6.77. The molecule has 1 aliphatic rings. The van der Waals surface area contributed by atoms with Gasteiger partial charge in [0, 0.05) is 42.9 Å². The number of carbonyl (C=O) groups excluding carboxylic acids is 1. The van der Waals surface area contributed by atoms with Crippen molar-refractivity contribution in [2.75, 3.05) is 11.9 Å². The summed E-state index contributed by atoms with van der Waals surface area (Å²) in [4.78, 5) is 23.8. The Kier molecular flexibility index (Phi) is 6.49. The number of halogens is 1. The number of hydrogen-bond donors (Lipinski definition) is 2. The molecule has 35 heavy (non-hydrogen) atoms. The molecule has 1 amide bonds. The van der Waals surface area contributed by atoms with E-state index in [4.69, 9.17) is 12.2 Å². The van der Waals surface area contributed by atoms with Gasteiger partial charge in [-0.2, -0.15) is 0 Å². The molecule has 4 aromatic rings. The Balaban J connectivity index is 1.42. The number of anilines is 1. The molecule has 2 N–H and O–H groups in total. The predicted octanol–water partition coefficient (Wildman–Crippen LogP) is 4.41. The molecule has 0 radical (unpaired) electrons. The fraction of sp³-hybridized carbons (Fsp3) is 0.154. The number of hydrogen-bond acceptors (Lipinski definition) is 4. The van der Waals surface area contributed by atoms with Gasteiger partial charge in [-0.15, -0.1) is 0 Å². The Labute approximate surface area is 207 Å². The molecule has 1 fully saturated rings. The number of nitrogens with one attached hydrogen (secondary N) is 2. The Morgan fingerprint density at radius 2 is 1.77 bits per heavy atom. The van der Waals surface area contributed by atoms with E-state index in [2.05, 4.69) is 20.6 Å². The lowest BCUT2D eigenvalue weighted by Crippen LogP contribution is -2.33. The van der Waals surface area contributed by atoms with Crippen LogP contribution in [0.3, 0.4) is 0 Å². The van der Waals surface area contributed by atoms with Crippen LogP contribution in [0.25, 0.3) is 5.82 Å². The zero-order valence-corrected chi connectivity index (χ0v) is 19.5. The Bertz CT molecular complexity index is 1310. The molecule has 9 heteroatoms. The number of amides is 1. The van der Waals surface area contributed by atoms with Crippen molar-refractivity contribution in [3.63, 3.8) is 0 Å². The Hall–Kier alpha value is -4.11. The first-order valence-corrected chi connectivity index (χ1v) is 11.6. The third-order valence-corrected chi connectivity index (χ3v) is 6.24. The molecule has 2 unspecified atom stereocenters. The summed E-state index contributed by atoms with van der Waals surface area (Å²) in [5.41, 5.74) is 2.38. The minimum Gasteiger partial charge on any atom is -0.352 e. The lowest BCUT2D eigenvalue weighted by Gasteiger charge is -2.28. The monoisotopic (exact) mass is 486 g/mol. The van der Waals surface area contributed by atoms with Gasteiger partial charge in [-0.3, -0.25) is 9.78 Å². The van der Waals surface area contributed by atoms with Gasteiger partial charge in [0.05, 0.1) is 17.8 Å². The van der Waals surface area contributed by atoms with Crippen LogP contribution in [0.5, 0.6) is 0 Å². The first-order valence-electron chi connectivity index (χ1n) is 11.2. The van der Waals surface area contributed by atoms with Crippen LogP contribution in [0.2, 0.25) is 0 Å². The van der Waals surface area contributed by atoms with E-state index in [1.807, 2.05) is 64.2 Å². The fourth-order valence-electron chi connectivity index (χ4n) is 4.29. The van der Waals surface area contributed by atoms with E-state index in [-0.39, 0.29) is 30.2 Å². The number of carbonyl (C=O) groups is 1. The van der Waals surface area contributed by atoms with E-state index < -0.39 is 0 Å². The topological polar surface area (TPSA) is 75.1 Å². The summed E-state index contributed by atoms with van der Waals surface area (Å²) in [6.45, 7) is 0.389. The standard InChI is InChI=1S/C26H23FN6OS/c27-18-9-11-19(12-10-18)30-23(34)13-17-33-25(24(31-26(33)35)20-6-1-3-14-28-20)21-7-5-16-32(21)22-8-2-4-15-29-22/h1-12,14-16,24-25H,13,17H2,(H,30,34)(H,31,35). The van der Waals surface area contributed by atoms with Gasteiger partial charge < -0.3 is 20.1 Å². The third-order valence-electron chi connectivity index (χ3n) is 5.88. The zero-order valence-electron chi connectivity index (χ0n) is 18.7. The molecule has 1 aromatic carbocycles. The largest absolute Gasteiger partial charge is 0.352 e. The molecular weight excluding hydrogens is 463 g/mol. The van der Waals surface area contributed by atoms with Crippen LogP contribution in [-0.4, -0.2) is 37.0 Å². The molecule has 0 bridgehead atoms. The molecule has 5 rings (SSSR count). The lowest BCUT2D eigenvalue weighted by atomic mass is 10.0. The predicted molar refractivity (Wildman–Crippen MR) is 135 cm³/mol. The number of rotatable bonds is 7. The second kappa shape index (κ2) is 10.0. The first kappa shape index (κ1) is 22.7. The number of thiocarbonyl (C=S) groups is 1. The maximum atomic E-state index is 13.2. The molecule has 3 aromatic heterocycles. The summed E-state index contributed by atoms with van der Waals surface area (Å²) in [6, 6.07) is 20.8. The van der Waals surface area contributed by atoms with Crippen molar-refractivity contribution in [2.45, 2.75) is 18.5 Å². The van der Waals surface area contributed by atoms with E-state index in [0.717, 1.165) is 17.2 Å². The highest BCUT2D eigenvalue weighted by molar-refractivity contribution is 7.80. The van der Waals surface area contributed by atoms with E-state index in [9.17, 15) is 9.18 Å². The molecule has 0 spiro atoms. The van der Waals surface area contributed by atoms with E-state index in [1.165, 1.54) is 24.3 Å². The quantitative estimate of drug-likeness (QED) is 0.377. The van der Waals surface area contributed by atoms with Crippen molar-refractivity contribution in [2.24, 2.45) is 0 Å². The number of aromatic nitrogens is 3. The normalized spacial score (nSPS) is 17.3. The van der Waals surface area contributed by atoms with Crippen LogP contribution in [-0.2, 0) is 4.79 Å². The smallest absolute Gasteiger partial charge is 0.226 e. The van der Waals surface area contributed by atoms with Crippen molar-refractivity contribution in [1.82, 2.24) is 24.8 Å². The van der Waals surface area contributed by atoms with Crippen molar-refractivity contribution in [3.8, 4) is 5.82 Å².